The number of methoxy groups -OCH3 is 1. The minimum Gasteiger partial charge on any atom is -0.459 e. The zero-order chi connectivity index (χ0) is 12.3. The predicted molar refractivity (Wildman–Crippen MR) is 67.3 cm³/mol. The SMILES string of the molecule is [CH2-]N1CCC(O)(c2ccccc2)C(COC)C1. The van der Waals surface area contributed by atoms with E-state index in [0.717, 1.165) is 18.7 Å². The lowest BCUT2D eigenvalue weighted by molar-refractivity contribution is -0.0925. The fourth-order valence-corrected chi connectivity index (χ4v) is 2.59. The maximum atomic E-state index is 10.9. The molecule has 1 saturated heterocycles. The van der Waals surface area contributed by atoms with Crippen LogP contribution in [0.25, 0.3) is 0 Å². The van der Waals surface area contributed by atoms with Gasteiger partial charge in [-0.05, 0) is 25.1 Å². The Kier molecular flexibility index (Phi) is 3.82. The summed E-state index contributed by atoms with van der Waals surface area (Å²) in [5, 5.41) is 10.9. The van der Waals surface area contributed by atoms with E-state index in [9.17, 15) is 5.11 Å². The Morgan fingerprint density at radius 2 is 2.18 bits per heavy atom. The second-order valence-corrected chi connectivity index (χ2v) is 4.77. The van der Waals surface area contributed by atoms with Crippen molar-refractivity contribution in [2.75, 3.05) is 26.8 Å². The summed E-state index contributed by atoms with van der Waals surface area (Å²) >= 11 is 0. The molecule has 0 radical (unpaired) electrons. The second-order valence-electron chi connectivity index (χ2n) is 4.77. The van der Waals surface area contributed by atoms with Gasteiger partial charge in [-0.1, -0.05) is 30.3 Å². The van der Waals surface area contributed by atoms with Gasteiger partial charge >= 0.3 is 0 Å². The van der Waals surface area contributed by atoms with E-state index in [1.165, 1.54) is 0 Å². The first-order valence-electron chi connectivity index (χ1n) is 5.99. The topological polar surface area (TPSA) is 32.7 Å². The van der Waals surface area contributed by atoms with E-state index in [1.807, 2.05) is 35.2 Å². The minimum absolute atomic E-state index is 0.0705. The van der Waals surface area contributed by atoms with Crippen LogP contribution in [-0.2, 0) is 10.3 Å². The van der Waals surface area contributed by atoms with Crippen molar-refractivity contribution in [3.05, 3.63) is 42.9 Å². The van der Waals surface area contributed by atoms with E-state index in [0.29, 0.717) is 13.0 Å². The fourth-order valence-electron chi connectivity index (χ4n) is 2.59. The van der Waals surface area contributed by atoms with E-state index in [4.69, 9.17) is 4.74 Å². The first-order valence-corrected chi connectivity index (χ1v) is 5.99. The van der Waals surface area contributed by atoms with E-state index >= 15 is 0 Å². The average molecular weight is 234 g/mol. The summed E-state index contributed by atoms with van der Waals surface area (Å²) in [7, 11) is 5.63. The molecule has 2 atom stereocenters. The van der Waals surface area contributed by atoms with Crippen LogP contribution in [0.5, 0.6) is 0 Å². The highest BCUT2D eigenvalue weighted by molar-refractivity contribution is 5.24. The molecule has 1 heterocycles. The number of rotatable bonds is 3. The summed E-state index contributed by atoms with van der Waals surface area (Å²) in [5.74, 6) is 0.0705. The zero-order valence-corrected chi connectivity index (χ0v) is 10.3. The number of hydrogen-bond donors (Lipinski definition) is 1. The highest BCUT2D eigenvalue weighted by atomic mass is 16.5. The summed E-state index contributed by atoms with van der Waals surface area (Å²) in [4.78, 5) is 2.00. The number of aliphatic hydroxyl groups is 1. The Balaban J connectivity index is 2.26. The van der Waals surface area contributed by atoms with Crippen LogP contribution < -0.4 is 0 Å². The molecule has 1 fully saturated rings. The van der Waals surface area contributed by atoms with E-state index < -0.39 is 5.60 Å². The van der Waals surface area contributed by atoms with E-state index in [-0.39, 0.29) is 5.92 Å². The highest BCUT2D eigenvalue weighted by Gasteiger charge is 2.40. The molecule has 0 bridgehead atoms. The van der Waals surface area contributed by atoms with Crippen molar-refractivity contribution >= 4 is 0 Å². The van der Waals surface area contributed by atoms with Crippen molar-refractivity contribution in [1.29, 1.82) is 0 Å². The number of benzene rings is 1. The maximum absolute atomic E-state index is 10.9. The van der Waals surface area contributed by atoms with E-state index in [2.05, 4.69) is 7.05 Å². The average Bonchev–Trinajstić information content (AvgIpc) is 2.35. The molecule has 94 valence electrons. The lowest BCUT2D eigenvalue weighted by atomic mass is 9.76. The second kappa shape index (κ2) is 5.17. The first-order chi connectivity index (χ1) is 8.16. The van der Waals surface area contributed by atoms with Crippen LogP contribution in [0.1, 0.15) is 12.0 Å². The Bertz CT molecular complexity index is 354. The maximum Gasteiger partial charge on any atom is 0.0969 e. The van der Waals surface area contributed by atoms with Gasteiger partial charge in [0, 0.05) is 13.0 Å². The highest BCUT2D eigenvalue weighted by Crippen LogP contribution is 2.37. The lowest BCUT2D eigenvalue weighted by Crippen LogP contribution is -2.49. The largest absolute Gasteiger partial charge is 0.459 e. The fraction of sp³-hybridized carbons (Fsp3) is 0.500. The van der Waals surface area contributed by atoms with Crippen LogP contribution in [0.2, 0.25) is 0 Å². The van der Waals surface area contributed by atoms with Gasteiger partial charge in [0.15, 0.2) is 0 Å². The molecule has 3 nitrogen and oxygen atoms in total. The molecule has 0 aromatic heterocycles. The van der Waals surface area contributed by atoms with Crippen molar-refractivity contribution in [3.63, 3.8) is 0 Å². The number of ether oxygens (including phenoxy) is 1. The van der Waals surface area contributed by atoms with Crippen LogP contribution >= 0.6 is 0 Å². The van der Waals surface area contributed by atoms with Crippen LogP contribution in [0.15, 0.2) is 30.3 Å². The monoisotopic (exact) mass is 234 g/mol. The third-order valence-corrected chi connectivity index (χ3v) is 3.60. The molecule has 1 aliphatic heterocycles. The Morgan fingerprint density at radius 1 is 1.47 bits per heavy atom. The van der Waals surface area contributed by atoms with Crippen LogP contribution in [0, 0.1) is 13.0 Å². The summed E-state index contributed by atoms with van der Waals surface area (Å²) < 4.78 is 5.23. The number of piperidine rings is 1. The van der Waals surface area contributed by atoms with Gasteiger partial charge in [0.1, 0.15) is 0 Å². The first kappa shape index (κ1) is 12.6. The Labute approximate surface area is 103 Å². The summed E-state index contributed by atoms with van der Waals surface area (Å²) in [6.07, 6.45) is 0.703. The van der Waals surface area contributed by atoms with Gasteiger partial charge in [0.2, 0.25) is 0 Å². The minimum atomic E-state index is -0.786. The molecular weight excluding hydrogens is 214 g/mol. The van der Waals surface area contributed by atoms with Gasteiger partial charge in [0.05, 0.1) is 12.2 Å². The van der Waals surface area contributed by atoms with Crippen LogP contribution in [-0.4, -0.2) is 36.8 Å². The van der Waals surface area contributed by atoms with Crippen LogP contribution in [0.3, 0.4) is 0 Å². The molecule has 1 N–H and O–H groups in total. The van der Waals surface area contributed by atoms with Gasteiger partial charge in [-0.15, -0.1) is 0 Å². The van der Waals surface area contributed by atoms with Crippen molar-refractivity contribution < 1.29 is 9.84 Å². The van der Waals surface area contributed by atoms with Gasteiger partial charge in [-0.2, -0.15) is 0 Å². The van der Waals surface area contributed by atoms with Gasteiger partial charge < -0.3 is 14.7 Å². The Hall–Kier alpha value is -0.900. The molecule has 1 aliphatic rings. The molecule has 1 aromatic rings. The summed E-state index contributed by atoms with van der Waals surface area (Å²) in [6.45, 7) is 2.13. The quantitative estimate of drug-likeness (QED) is 0.807. The molecule has 0 aliphatic carbocycles. The smallest absolute Gasteiger partial charge is 0.0969 e. The molecular formula is C14H20NO2-. The van der Waals surface area contributed by atoms with Crippen molar-refractivity contribution in [2.24, 2.45) is 5.92 Å². The molecule has 2 unspecified atom stereocenters. The lowest BCUT2D eigenvalue weighted by Gasteiger charge is -2.46. The van der Waals surface area contributed by atoms with Crippen LogP contribution in [0.4, 0.5) is 0 Å². The van der Waals surface area contributed by atoms with E-state index in [1.54, 1.807) is 7.11 Å². The normalized spacial score (nSPS) is 30.4. The molecule has 0 saturated carbocycles. The third kappa shape index (κ3) is 2.51. The zero-order valence-electron chi connectivity index (χ0n) is 10.3. The molecule has 2 rings (SSSR count). The van der Waals surface area contributed by atoms with Gasteiger partial charge in [-0.25, -0.2) is 0 Å². The van der Waals surface area contributed by atoms with Crippen molar-refractivity contribution in [3.8, 4) is 0 Å². The number of nitrogens with zero attached hydrogens (tertiary/aromatic N) is 1. The molecule has 0 spiro atoms. The summed E-state index contributed by atoms with van der Waals surface area (Å²) in [6, 6.07) is 9.87. The molecule has 17 heavy (non-hydrogen) atoms. The standard InChI is InChI=1S/C14H20NO2/c1-15-9-8-14(16,13(10-15)11-17-2)12-6-4-3-5-7-12/h3-7,13,16H,1,8-11H2,2H3/q-1. The van der Waals surface area contributed by atoms with Crippen molar-refractivity contribution in [2.45, 2.75) is 12.0 Å². The Morgan fingerprint density at radius 3 is 2.82 bits per heavy atom. The third-order valence-electron chi connectivity index (χ3n) is 3.60. The predicted octanol–water partition coefficient (Wildman–Crippen LogP) is 1.63. The van der Waals surface area contributed by atoms with Crippen molar-refractivity contribution in [1.82, 2.24) is 4.90 Å². The number of hydrogen-bond acceptors (Lipinski definition) is 3. The van der Waals surface area contributed by atoms with Gasteiger partial charge in [0.25, 0.3) is 0 Å². The molecule has 1 aromatic carbocycles. The number of likely N-dealkylation sites (tertiary alicyclic amines) is 1. The summed E-state index contributed by atoms with van der Waals surface area (Å²) in [5.41, 5.74) is 0.195. The van der Waals surface area contributed by atoms with Gasteiger partial charge in [-0.3, -0.25) is 7.05 Å². The molecule has 3 heteroatoms. The molecule has 0 amide bonds.